The van der Waals surface area contributed by atoms with Gasteiger partial charge in [0.25, 0.3) is 0 Å². The molecule has 0 unspecified atom stereocenters. The van der Waals surface area contributed by atoms with Crippen molar-refractivity contribution in [1.82, 2.24) is 0 Å². The molecule has 0 saturated heterocycles. The Kier molecular flexibility index (Phi) is 16.5. The van der Waals surface area contributed by atoms with E-state index in [0.29, 0.717) is 33.7 Å². The van der Waals surface area contributed by atoms with Crippen LogP contribution in [0.4, 0.5) is 0 Å². The number of hydrogen-bond donors (Lipinski definition) is 0. The first-order chi connectivity index (χ1) is 31.2. The minimum atomic E-state index is 0.0314. The van der Waals surface area contributed by atoms with Crippen molar-refractivity contribution in [2.45, 2.75) is 158 Å². The van der Waals surface area contributed by atoms with E-state index >= 15 is 9.59 Å². The minimum absolute atomic E-state index is 0.0314. The van der Waals surface area contributed by atoms with Crippen molar-refractivity contribution in [2.24, 2.45) is 8.80 Å². The maximum atomic E-state index is 15.2. The lowest BCUT2D eigenvalue weighted by atomic mass is 9.76. The number of Topliss-reactive ketones (excluding diaryl/α,β-unsaturated/α-hetero) is 2. The average molecular weight is 917 g/mol. The van der Waals surface area contributed by atoms with Crippen molar-refractivity contribution < 1.29 is 9.59 Å². The van der Waals surface area contributed by atoms with Crippen LogP contribution in [0.5, 0.6) is 0 Å². The summed E-state index contributed by atoms with van der Waals surface area (Å²) in [4.78, 5) is 30.5. The molecule has 0 aliphatic heterocycles. The highest BCUT2D eigenvalue weighted by Crippen LogP contribution is 2.44. The standard InChI is InChI=1S/C60H72N2O2S2/c1-33(2)43-21-17-22-44(34(3)4)55(43)51-29-41(30-52(59(51)63)56-45(35(5)6)23-18-24-46(56)36(7)8)61-65-66-62-42-31-53(57-47(37(9)10)25-19-26-48(57)38(11)12)60(64)54(32-42)58-49(39(13)14)27-20-28-50(58)40(15)16/h17-40H,1-16H3. The molecule has 346 valence electrons. The smallest absolute Gasteiger partial charge is 0.194 e. The quantitative estimate of drug-likeness (QED) is 0.0516. The summed E-state index contributed by atoms with van der Waals surface area (Å²) in [5.41, 5.74) is 17.5. The summed E-state index contributed by atoms with van der Waals surface area (Å²) in [6.45, 7) is 35.2. The molecule has 2 aliphatic carbocycles. The lowest BCUT2D eigenvalue weighted by molar-refractivity contribution is -0.109. The predicted molar refractivity (Wildman–Crippen MR) is 290 cm³/mol. The summed E-state index contributed by atoms with van der Waals surface area (Å²) in [7, 11) is 2.58. The molecule has 0 saturated carbocycles. The summed E-state index contributed by atoms with van der Waals surface area (Å²) in [5.74, 6) is 1.76. The largest absolute Gasteiger partial charge is 0.289 e. The Bertz CT molecular complexity index is 2230. The monoisotopic (exact) mass is 917 g/mol. The van der Waals surface area contributed by atoms with E-state index in [9.17, 15) is 0 Å². The van der Waals surface area contributed by atoms with Gasteiger partial charge in [-0.15, -0.1) is 0 Å². The van der Waals surface area contributed by atoms with E-state index < -0.39 is 0 Å². The number of nitrogens with zero attached hydrogens (tertiary/aromatic N) is 2. The molecular weight excluding hydrogens is 845 g/mol. The normalized spacial score (nSPS) is 14.7. The van der Waals surface area contributed by atoms with Crippen molar-refractivity contribution >= 4 is 67.2 Å². The zero-order valence-corrected chi connectivity index (χ0v) is 44.0. The van der Waals surface area contributed by atoms with Crippen LogP contribution in [0.25, 0.3) is 22.3 Å². The lowest BCUT2D eigenvalue weighted by Gasteiger charge is -2.27. The molecule has 4 aromatic rings. The maximum absolute atomic E-state index is 15.2. The Hall–Kier alpha value is -4.78. The van der Waals surface area contributed by atoms with Gasteiger partial charge in [0.05, 0.1) is 33.4 Å². The number of ketones is 2. The van der Waals surface area contributed by atoms with E-state index in [-0.39, 0.29) is 58.9 Å². The van der Waals surface area contributed by atoms with E-state index in [1.165, 1.54) is 22.0 Å². The topological polar surface area (TPSA) is 58.9 Å². The van der Waals surface area contributed by atoms with Crippen LogP contribution in [0.1, 0.15) is 225 Å². The molecular formula is C60H72N2O2S2. The van der Waals surface area contributed by atoms with E-state index in [1.54, 1.807) is 0 Å². The summed E-state index contributed by atoms with van der Waals surface area (Å²) < 4.78 is 10.3. The third kappa shape index (κ3) is 10.5. The van der Waals surface area contributed by atoms with Crippen molar-refractivity contribution in [2.75, 3.05) is 0 Å². The molecule has 0 atom stereocenters. The molecule has 0 radical (unpaired) electrons. The van der Waals surface area contributed by atoms with Crippen LogP contribution in [0, 0.1) is 0 Å². The molecule has 0 heterocycles. The summed E-state index contributed by atoms with van der Waals surface area (Å²) >= 11 is 0. The molecule has 6 rings (SSSR count). The molecule has 0 aromatic heterocycles. The SMILES string of the molecule is CC(C)c1cccc(C(C)C)c1C1=CC(=NSSN=C2C=C(c3c(C(C)C)cccc3C(C)C)C(=O)C(c3c(C(C)C)cccc3C(C)C)=C2)C=C(c2c(C(C)C)cccc2C(C)C)C1=O. The fraction of sp³-hybridized carbons (Fsp3) is 0.400. The fourth-order valence-corrected chi connectivity index (χ4v) is 10.8. The Morgan fingerprint density at radius 3 is 0.621 bits per heavy atom. The highest BCUT2D eigenvalue weighted by atomic mass is 33.1. The first-order valence-corrected chi connectivity index (χ1v) is 26.3. The second-order valence-corrected chi connectivity index (χ2v) is 22.1. The Balaban J connectivity index is 1.55. The molecule has 6 heteroatoms. The van der Waals surface area contributed by atoms with Crippen LogP contribution in [0.3, 0.4) is 0 Å². The maximum Gasteiger partial charge on any atom is 0.194 e. The minimum Gasteiger partial charge on any atom is -0.289 e. The van der Waals surface area contributed by atoms with Gasteiger partial charge >= 0.3 is 0 Å². The van der Waals surface area contributed by atoms with Crippen molar-refractivity contribution in [3.8, 4) is 0 Å². The van der Waals surface area contributed by atoms with Crippen LogP contribution in [-0.2, 0) is 9.59 Å². The highest BCUT2D eigenvalue weighted by molar-refractivity contribution is 8.75. The lowest BCUT2D eigenvalue weighted by Crippen LogP contribution is -2.18. The third-order valence-electron chi connectivity index (χ3n) is 13.0. The first kappa shape index (κ1) is 50.6. The van der Waals surface area contributed by atoms with Crippen LogP contribution in [0.2, 0.25) is 0 Å². The van der Waals surface area contributed by atoms with Gasteiger partial charge in [-0.05, 0) is 138 Å². The average Bonchev–Trinajstić information content (AvgIpc) is 3.27. The Morgan fingerprint density at radius 1 is 0.303 bits per heavy atom. The van der Waals surface area contributed by atoms with Gasteiger partial charge in [0.15, 0.2) is 11.6 Å². The van der Waals surface area contributed by atoms with Gasteiger partial charge < -0.3 is 0 Å². The number of rotatable bonds is 15. The van der Waals surface area contributed by atoms with Gasteiger partial charge in [-0.2, -0.15) is 0 Å². The van der Waals surface area contributed by atoms with Crippen LogP contribution < -0.4 is 0 Å². The number of hydrogen-bond acceptors (Lipinski definition) is 6. The molecule has 4 aromatic carbocycles. The van der Waals surface area contributed by atoms with Crippen molar-refractivity contribution in [3.63, 3.8) is 0 Å². The van der Waals surface area contributed by atoms with Crippen molar-refractivity contribution in [3.05, 3.63) is 164 Å². The van der Waals surface area contributed by atoms with Crippen LogP contribution in [-0.4, -0.2) is 23.0 Å². The van der Waals surface area contributed by atoms with Gasteiger partial charge in [-0.25, -0.2) is 8.80 Å². The molecule has 0 fully saturated rings. The third-order valence-corrected chi connectivity index (χ3v) is 14.3. The van der Waals surface area contributed by atoms with E-state index in [0.717, 1.165) is 66.8 Å². The highest BCUT2D eigenvalue weighted by Gasteiger charge is 2.33. The molecule has 0 amide bonds. The van der Waals surface area contributed by atoms with Gasteiger partial charge in [-0.1, -0.05) is 184 Å². The molecule has 4 nitrogen and oxygen atoms in total. The van der Waals surface area contributed by atoms with Crippen molar-refractivity contribution in [1.29, 1.82) is 0 Å². The van der Waals surface area contributed by atoms with Gasteiger partial charge in [0, 0.05) is 22.3 Å². The van der Waals surface area contributed by atoms with E-state index in [1.807, 2.05) is 24.3 Å². The number of allylic oxidation sites excluding steroid dienone is 8. The first-order valence-electron chi connectivity index (χ1n) is 24.2. The second-order valence-electron chi connectivity index (χ2n) is 20.6. The van der Waals surface area contributed by atoms with Gasteiger partial charge in [0.1, 0.15) is 0 Å². The summed E-state index contributed by atoms with van der Waals surface area (Å²) in [6.07, 6.45) is 7.98. The summed E-state index contributed by atoms with van der Waals surface area (Å²) in [5, 5.41) is 0. The Morgan fingerprint density at radius 2 is 0.470 bits per heavy atom. The Labute approximate surface area is 405 Å². The van der Waals surface area contributed by atoms with Crippen LogP contribution >= 0.6 is 22.0 Å². The summed E-state index contributed by atoms with van der Waals surface area (Å²) in [6, 6.07) is 25.9. The van der Waals surface area contributed by atoms with E-state index in [2.05, 4.69) is 184 Å². The molecule has 0 spiro atoms. The molecule has 0 bridgehead atoms. The fourth-order valence-electron chi connectivity index (χ4n) is 9.64. The number of benzene rings is 4. The zero-order chi connectivity index (χ0) is 48.3. The van der Waals surface area contributed by atoms with E-state index in [4.69, 9.17) is 8.80 Å². The predicted octanol–water partition coefficient (Wildman–Crippen LogP) is 17.6. The van der Waals surface area contributed by atoms with Gasteiger partial charge in [-0.3, -0.25) is 9.59 Å². The van der Waals surface area contributed by atoms with Crippen LogP contribution in [0.15, 0.2) is 106 Å². The zero-order valence-electron chi connectivity index (χ0n) is 42.4. The second kappa shape index (κ2) is 21.5. The molecule has 0 N–H and O–H groups in total. The molecule has 2 aliphatic rings. The molecule has 66 heavy (non-hydrogen) atoms. The number of carbonyl (C=O) groups excluding carboxylic acids is 2. The number of carbonyl (C=O) groups is 2. The van der Waals surface area contributed by atoms with Gasteiger partial charge in [0.2, 0.25) is 0 Å².